The molecular formula is C12H17NO4. The second-order valence-corrected chi connectivity index (χ2v) is 4.01. The Balaban J connectivity index is 2.89. The zero-order chi connectivity index (χ0) is 13.0. The zero-order valence-electron chi connectivity index (χ0n) is 10.2. The van der Waals surface area contributed by atoms with Crippen molar-refractivity contribution in [2.75, 3.05) is 7.11 Å². The number of aryl methyl sites for hydroxylation is 1. The molecule has 1 unspecified atom stereocenters. The van der Waals surface area contributed by atoms with Crippen LogP contribution in [0.5, 0.6) is 11.5 Å². The first-order valence-corrected chi connectivity index (χ1v) is 5.30. The first kappa shape index (κ1) is 13.2. The van der Waals surface area contributed by atoms with Gasteiger partial charge in [-0.3, -0.25) is 0 Å². The summed E-state index contributed by atoms with van der Waals surface area (Å²) in [5.41, 5.74) is 1.50. The van der Waals surface area contributed by atoms with E-state index in [9.17, 15) is 9.90 Å². The van der Waals surface area contributed by atoms with Crippen molar-refractivity contribution in [3.05, 3.63) is 23.3 Å². The van der Waals surface area contributed by atoms with Gasteiger partial charge in [-0.25, -0.2) is 4.79 Å². The predicted molar refractivity (Wildman–Crippen MR) is 63.7 cm³/mol. The van der Waals surface area contributed by atoms with Crippen molar-refractivity contribution in [2.24, 2.45) is 0 Å². The summed E-state index contributed by atoms with van der Waals surface area (Å²) in [6.45, 7) is 3.53. The summed E-state index contributed by atoms with van der Waals surface area (Å²) < 4.78 is 5.20. The van der Waals surface area contributed by atoms with Gasteiger partial charge in [0.1, 0.15) is 11.5 Å². The second kappa shape index (κ2) is 5.43. The quantitative estimate of drug-likeness (QED) is 0.750. The Kier molecular flexibility index (Phi) is 4.20. The van der Waals surface area contributed by atoms with Gasteiger partial charge in [0, 0.05) is 6.04 Å². The van der Waals surface area contributed by atoms with Crippen molar-refractivity contribution < 1.29 is 19.7 Å². The number of phenolic OH excluding ortho intramolecular Hbond substituents is 1. The van der Waals surface area contributed by atoms with Crippen molar-refractivity contribution >= 4 is 6.09 Å². The zero-order valence-corrected chi connectivity index (χ0v) is 10.2. The first-order valence-electron chi connectivity index (χ1n) is 5.30. The fourth-order valence-corrected chi connectivity index (χ4v) is 1.65. The average molecular weight is 239 g/mol. The molecule has 0 aliphatic rings. The van der Waals surface area contributed by atoms with E-state index in [1.54, 1.807) is 33.1 Å². The molecular weight excluding hydrogens is 222 g/mol. The highest BCUT2D eigenvalue weighted by atomic mass is 16.5. The number of carbonyl (C=O) groups is 1. The van der Waals surface area contributed by atoms with E-state index in [4.69, 9.17) is 9.84 Å². The highest BCUT2D eigenvalue weighted by Gasteiger charge is 2.12. The van der Waals surface area contributed by atoms with E-state index in [1.165, 1.54) is 0 Å². The van der Waals surface area contributed by atoms with Gasteiger partial charge in [-0.15, -0.1) is 0 Å². The number of ether oxygens (including phenoxy) is 1. The molecule has 0 saturated carbocycles. The maximum atomic E-state index is 10.5. The number of hydrogen-bond acceptors (Lipinski definition) is 3. The van der Waals surface area contributed by atoms with Crippen LogP contribution in [0.25, 0.3) is 0 Å². The summed E-state index contributed by atoms with van der Waals surface area (Å²) >= 11 is 0. The van der Waals surface area contributed by atoms with Gasteiger partial charge in [-0.1, -0.05) is 0 Å². The molecule has 1 rings (SSSR count). The predicted octanol–water partition coefficient (Wildman–Crippen LogP) is 1.91. The number of hydrogen-bond donors (Lipinski definition) is 3. The minimum Gasteiger partial charge on any atom is -0.508 e. The van der Waals surface area contributed by atoms with Gasteiger partial charge in [0.05, 0.1) is 7.11 Å². The SMILES string of the molecule is COc1cc(C)c(O)cc1CC(C)NC(=O)O. The van der Waals surface area contributed by atoms with E-state index in [1.807, 2.05) is 0 Å². The summed E-state index contributed by atoms with van der Waals surface area (Å²) in [5.74, 6) is 0.836. The Morgan fingerprint density at radius 1 is 1.53 bits per heavy atom. The monoisotopic (exact) mass is 239 g/mol. The summed E-state index contributed by atoms with van der Waals surface area (Å²) in [6.07, 6.45) is -0.601. The van der Waals surface area contributed by atoms with Crippen molar-refractivity contribution in [3.8, 4) is 11.5 Å². The highest BCUT2D eigenvalue weighted by Crippen LogP contribution is 2.28. The van der Waals surface area contributed by atoms with Gasteiger partial charge < -0.3 is 20.3 Å². The summed E-state index contributed by atoms with van der Waals surface area (Å²) in [4.78, 5) is 10.5. The molecule has 17 heavy (non-hydrogen) atoms. The number of nitrogens with one attached hydrogen (secondary N) is 1. The van der Waals surface area contributed by atoms with E-state index >= 15 is 0 Å². The summed E-state index contributed by atoms with van der Waals surface area (Å²) in [6, 6.07) is 3.09. The van der Waals surface area contributed by atoms with Crippen LogP contribution in [0, 0.1) is 6.92 Å². The van der Waals surface area contributed by atoms with E-state index in [2.05, 4.69) is 5.32 Å². The molecule has 0 aliphatic carbocycles. The standard InChI is InChI=1S/C12H17NO4/c1-7-4-11(17-3)9(6-10(7)14)5-8(2)13-12(15)16/h4,6,8,13-14H,5H2,1-3H3,(H,15,16). The molecule has 1 aromatic rings. The lowest BCUT2D eigenvalue weighted by Gasteiger charge is -2.15. The van der Waals surface area contributed by atoms with Gasteiger partial charge in [0.2, 0.25) is 0 Å². The Morgan fingerprint density at radius 3 is 2.71 bits per heavy atom. The Bertz CT molecular complexity index is 417. The van der Waals surface area contributed by atoms with Gasteiger partial charge >= 0.3 is 6.09 Å². The number of benzene rings is 1. The van der Waals surface area contributed by atoms with Crippen LogP contribution in [-0.2, 0) is 6.42 Å². The minimum absolute atomic E-state index is 0.184. The summed E-state index contributed by atoms with van der Waals surface area (Å²) in [7, 11) is 1.55. The van der Waals surface area contributed by atoms with Crippen molar-refractivity contribution in [3.63, 3.8) is 0 Å². The molecule has 1 atom stereocenters. The molecule has 0 fully saturated rings. The number of amides is 1. The number of rotatable bonds is 4. The van der Waals surface area contributed by atoms with E-state index < -0.39 is 6.09 Å². The largest absolute Gasteiger partial charge is 0.508 e. The topological polar surface area (TPSA) is 78.8 Å². The third-order valence-electron chi connectivity index (χ3n) is 2.49. The molecule has 0 spiro atoms. The molecule has 94 valence electrons. The van der Waals surface area contributed by atoms with Gasteiger partial charge in [-0.2, -0.15) is 0 Å². The number of aromatic hydroxyl groups is 1. The molecule has 0 heterocycles. The van der Waals surface area contributed by atoms with Crippen LogP contribution < -0.4 is 10.1 Å². The Hall–Kier alpha value is -1.91. The smallest absolute Gasteiger partial charge is 0.404 e. The van der Waals surface area contributed by atoms with Crippen molar-refractivity contribution in [1.29, 1.82) is 0 Å². The maximum absolute atomic E-state index is 10.5. The van der Waals surface area contributed by atoms with Crippen LogP contribution >= 0.6 is 0 Å². The number of methoxy groups -OCH3 is 1. The number of carboxylic acid groups (broad SMARTS) is 1. The number of phenols is 1. The van der Waals surface area contributed by atoms with E-state index in [-0.39, 0.29) is 11.8 Å². The molecule has 0 aromatic heterocycles. The first-order chi connectivity index (χ1) is 7.93. The van der Waals surface area contributed by atoms with E-state index in [0.29, 0.717) is 12.2 Å². The molecule has 0 bridgehead atoms. The molecule has 0 saturated heterocycles. The van der Waals surface area contributed by atoms with E-state index in [0.717, 1.165) is 11.1 Å². The van der Waals surface area contributed by atoms with Crippen LogP contribution in [0.1, 0.15) is 18.1 Å². The van der Waals surface area contributed by atoms with Crippen LogP contribution in [0.4, 0.5) is 4.79 Å². The normalized spacial score (nSPS) is 11.9. The van der Waals surface area contributed by atoms with Crippen LogP contribution in [0.2, 0.25) is 0 Å². The molecule has 0 radical (unpaired) electrons. The highest BCUT2D eigenvalue weighted by molar-refractivity contribution is 5.64. The lowest BCUT2D eigenvalue weighted by Crippen LogP contribution is -2.32. The Morgan fingerprint density at radius 2 is 2.18 bits per heavy atom. The molecule has 0 aliphatic heterocycles. The fourth-order valence-electron chi connectivity index (χ4n) is 1.65. The van der Waals surface area contributed by atoms with Crippen molar-refractivity contribution in [2.45, 2.75) is 26.3 Å². The van der Waals surface area contributed by atoms with Gasteiger partial charge in [0.15, 0.2) is 0 Å². The molecule has 1 amide bonds. The fraction of sp³-hybridized carbons (Fsp3) is 0.417. The van der Waals surface area contributed by atoms with Gasteiger partial charge in [-0.05, 0) is 43.5 Å². The van der Waals surface area contributed by atoms with Crippen LogP contribution in [0.3, 0.4) is 0 Å². The molecule has 3 N–H and O–H groups in total. The maximum Gasteiger partial charge on any atom is 0.404 e. The lowest BCUT2D eigenvalue weighted by atomic mass is 10.0. The molecule has 5 heteroatoms. The summed E-state index contributed by atoms with van der Waals surface area (Å²) in [5, 5.41) is 20.6. The second-order valence-electron chi connectivity index (χ2n) is 4.01. The third kappa shape index (κ3) is 3.55. The molecule has 1 aromatic carbocycles. The van der Waals surface area contributed by atoms with Crippen LogP contribution in [0.15, 0.2) is 12.1 Å². The minimum atomic E-state index is -1.06. The third-order valence-corrected chi connectivity index (χ3v) is 2.49. The molecule has 5 nitrogen and oxygen atoms in total. The van der Waals surface area contributed by atoms with Crippen molar-refractivity contribution in [1.82, 2.24) is 5.32 Å². The Labute approximate surface area is 100 Å². The average Bonchev–Trinajstić information content (AvgIpc) is 2.21. The lowest BCUT2D eigenvalue weighted by molar-refractivity contribution is 0.190. The van der Waals surface area contributed by atoms with Gasteiger partial charge in [0.25, 0.3) is 0 Å². The van der Waals surface area contributed by atoms with Crippen LogP contribution in [-0.4, -0.2) is 29.5 Å².